The topological polar surface area (TPSA) is 140 Å². The third kappa shape index (κ3) is 5.70. The van der Waals surface area contributed by atoms with Gasteiger partial charge < -0.3 is 25.1 Å². The molecule has 2 aliphatic heterocycles. The summed E-state index contributed by atoms with van der Waals surface area (Å²) in [6, 6.07) is 5.83. The molecule has 3 N–H and O–H groups in total. The molecular formula is C25H29F2N9O3S. The molecule has 0 saturated carbocycles. The van der Waals surface area contributed by atoms with E-state index in [-0.39, 0.29) is 17.8 Å². The zero-order valence-corrected chi connectivity index (χ0v) is 22.4. The largest absolute Gasteiger partial charge is 0.487 e. The van der Waals surface area contributed by atoms with Gasteiger partial charge in [0.15, 0.2) is 17.3 Å². The lowest BCUT2D eigenvalue weighted by atomic mass is 10.2. The molecule has 4 aromatic rings. The zero-order chi connectivity index (χ0) is 27.6. The lowest BCUT2D eigenvalue weighted by Gasteiger charge is -2.36. The van der Waals surface area contributed by atoms with Crippen molar-refractivity contribution in [2.45, 2.75) is 18.9 Å². The standard InChI is InChI=1S/C25H29F2N9O3S/c26-17-14-18(27)21(39-16-3-12-40(37)13-4-16)15-19(17)35-9-7-34(8-10-35)6-5-29-24-31-23(28)36-25(32-24)30-22(33-36)20-2-1-11-38-20/h1-2,11,14-16H,3-10,12-13H2,(H3,28,29,30,31,32,33). The van der Waals surface area contributed by atoms with E-state index in [9.17, 15) is 13.0 Å². The maximum atomic E-state index is 14.7. The molecule has 1 aromatic carbocycles. The second kappa shape index (κ2) is 11.3. The van der Waals surface area contributed by atoms with Crippen LogP contribution in [0.5, 0.6) is 5.75 Å². The molecule has 2 saturated heterocycles. The smallest absolute Gasteiger partial charge is 0.259 e. The van der Waals surface area contributed by atoms with E-state index in [0.29, 0.717) is 92.6 Å². The van der Waals surface area contributed by atoms with Gasteiger partial charge in [0.2, 0.25) is 17.7 Å². The van der Waals surface area contributed by atoms with Gasteiger partial charge in [-0.1, -0.05) is 0 Å². The van der Waals surface area contributed by atoms with Gasteiger partial charge in [0.25, 0.3) is 5.78 Å². The van der Waals surface area contributed by atoms with Gasteiger partial charge in [0.05, 0.1) is 12.0 Å². The van der Waals surface area contributed by atoms with Crippen LogP contribution in [0, 0.1) is 11.6 Å². The van der Waals surface area contributed by atoms with Crippen LogP contribution in [0.2, 0.25) is 0 Å². The fraction of sp³-hybridized carbons (Fsp3) is 0.440. The highest BCUT2D eigenvalue weighted by Gasteiger charge is 2.25. The molecule has 5 heterocycles. The van der Waals surface area contributed by atoms with Crippen molar-refractivity contribution >= 4 is 34.2 Å². The van der Waals surface area contributed by atoms with E-state index in [1.807, 2.05) is 4.90 Å². The average molecular weight is 574 g/mol. The van der Waals surface area contributed by atoms with Gasteiger partial charge >= 0.3 is 0 Å². The van der Waals surface area contributed by atoms with Gasteiger partial charge in [-0.25, -0.2) is 8.78 Å². The maximum Gasteiger partial charge on any atom is 0.259 e. The normalized spacial score (nSPS) is 20.2. The second-order valence-electron chi connectivity index (χ2n) is 9.68. The number of hydrogen-bond acceptors (Lipinski definition) is 11. The van der Waals surface area contributed by atoms with Crippen LogP contribution >= 0.6 is 0 Å². The lowest BCUT2D eigenvalue weighted by molar-refractivity contribution is 0.182. The number of anilines is 3. The molecule has 3 aromatic heterocycles. The number of hydrogen-bond donors (Lipinski definition) is 2. The Morgan fingerprint density at radius 2 is 1.90 bits per heavy atom. The van der Waals surface area contributed by atoms with Gasteiger partial charge in [-0.2, -0.15) is 19.5 Å². The van der Waals surface area contributed by atoms with Gasteiger partial charge in [0.1, 0.15) is 11.9 Å². The molecule has 0 amide bonds. The van der Waals surface area contributed by atoms with Crippen molar-refractivity contribution in [2.24, 2.45) is 0 Å². The molecule has 15 heteroatoms. The Bertz CT molecular complexity index is 1500. The van der Waals surface area contributed by atoms with Crippen LogP contribution in [0.25, 0.3) is 17.4 Å². The molecule has 2 aliphatic rings. The summed E-state index contributed by atoms with van der Waals surface area (Å²) in [7, 11) is -0.838. The van der Waals surface area contributed by atoms with Crippen LogP contribution in [-0.2, 0) is 10.8 Å². The molecule has 0 unspecified atom stereocenters. The van der Waals surface area contributed by atoms with Gasteiger partial charge in [-0.05, 0) is 25.0 Å². The maximum absolute atomic E-state index is 14.7. The van der Waals surface area contributed by atoms with Crippen molar-refractivity contribution in [3.8, 4) is 17.3 Å². The summed E-state index contributed by atoms with van der Waals surface area (Å²) in [6.07, 6.45) is 2.52. The Balaban J connectivity index is 1.02. The van der Waals surface area contributed by atoms with Crippen LogP contribution in [0.15, 0.2) is 34.9 Å². The lowest BCUT2D eigenvalue weighted by Crippen LogP contribution is -2.48. The highest BCUT2D eigenvalue weighted by atomic mass is 32.2. The molecule has 0 aliphatic carbocycles. The Morgan fingerprint density at radius 3 is 2.65 bits per heavy atom. The quantitative estimate of drug-likeness (QED) is 0.320. The van der Waals surface area contributed by atoms with Crippen molar-refractivity contribution in [1.82, 2.24) is 29.5 Å². The summed E-state index contributed by atoms with van der Waals surface area (Å²) in [4.78, 5) is 17.2. The summed E-state index contributed by atoms with van der Waals surface area (Å²) < 4.78 is 53.3. The van der Waals surface area contributed by atoms with Crippen molar-refractivity contribution in [3.05, 3.63) is 42.2 Å². The molecular weight excluding hydrogens is 544 g/mol. The number of furan rings is 1. The Hall–Kier alpha value is -3.85. The molecule has 6 rings (SSSR count). The van der Waals surface area contributed by atoms with Gasteiger partial charge in [0, 0.05) is 73.7 Å². The summed E-state index contributed by atoms with van der Waals surface area (Å²) in [6.45, 7) is 3.81. The minimum atomic E-state index is -0.838. The SMILES string of the molecule is Nc1nc(NCCN2CCN(c3cc(OC4CCS(=O)CC4)c(F)cc3F)CC2)nc2nc(-c3ccco3)nn12. The van der Waals surface area contributed by atoms with E-state index < -0.39 is 22.4 Å². The molecule has 0 atom stereocenters. The fourth-order valence-electron chi connectivity index (χ4n) is 4.85. The number of benzene rings is 1. The van der Waals surface area contributed by atoms with Crippen LogP contribution in [0.4, 0.5) is 26.4 Å². The second-order valence-corrected chi connectivity index (χ2v) is 11.4. The van der Waals surface area contributed by atoms with Crippen LogP contribution < -0.4 is 20.7 Å². The predicted octanol–water partition coefficient (Wildman–Crippen LogP) is 2.16. The van der Waals surface area contributed by atoms with E-state index in [2.05, 4.69) is 30.3 Å². The van der Waals surface area contributed by atoms with E-state index in [1.54, 1.807) is 12.1 Å². The third-order valence-electron chi connectivity index (χ3n) is 7.03. The van der Waals surface area contributed by atoms with Gasteiger partial charge in [-0.3, -0.25) is 9.11 Å². The molecule has 0 radical (unpaired) electrons. The molecule has 212 valence electrons. The number of piperazine rings is 1. The highest BCUT2D eigenvalue weighted by Crippen LogP contribution is 2.31. The van der Waals surface area contributed by atoms with Crippen LogP contribution in [0.1, 0.15) is 12.8 Å². The Labute approximate surface area is 231 Å². The van der Waals surface area contributed by atoms with E-state index >= 15 is 0 Å². The summed E-state index contributed by atoms with van der Waals surface area (Å²) in [5.41, 5.74) is 6.37. The number of nitrogens with one attached hydrogen (secondary N) is 1. The summed E-state index contributed by atoms with van der Waals surface area (Å²) >= 11 is 0. The average Bonchev–Trinajstić information content (AvgIpc) is 3.63. The van der Waals surface area contributed by atoms with E-state index in [0.717, 1.165) is 6.07 Å². The Kier molecular flexibility index (Phi) is 7.47. The fourth-order valence-corrected chi connectivity index (χ4v) is 6.11. The number of fused-ring (bicyclic) bond motifs is 1. The van der Waals surface area contributed by atoms with Crippen molar-refractivity contribution in [3.63, 3.8) is 0 Å². The minimum Gasteiger partial charge on any atom is -0.487 e. The number of nitrogen functional groups attached to an aromatic ring is 1. The Morgan fingerprint density at radius 1 is 1.10 bits per heavy atom. The molecule has 12 nitrogen and oxygen atoms in total. The minimum absolute atomic E-state index is 0.0425. The first-order valence-electron chi connectivity index (χ1n) is 13.1. The summed E-state index contributed by atoms with van der Waals surface area (Å²) in [5, 5.41) is 7.46. The number of rotatable bonds is 8. The molecule has 40 heavy (non-hydrogen) atoms. The molecule has 2 fully saturated rings. The van der Waals surface area contributed by atoms with Crippen LogP contribution in [-0.4, -0.2) is 90.6 Å². The first kappa shape index (κ1) is 26.4. The van der Waals surface area contributed by atoms with Crippen molar-refractivity contribution in [2.75, 3.05) is 66.7 Å². The first-order chi connectivity index (χ1) is 19.4. The number of nitrogens with zero attached hydrogens (tertiary/aromatic N) is 7. The summed E-state index contributed by atoms with van der Waals surface area (Å²) in [5.74, 6) is 1.45. The number of aromatic nitrogens is 5. The molecule has 0 bridgehead atoms. The van der Waals surface area contributed by atoms with Crippen molar-refractivity contribution < 1.29 is 22.1 Å². The number of halogens is 2. The van der Waals surface area contributed by atoms with Crippen molar-refractivity contribution in [1.29, 1.82) is 0 Å². The predicted molar refractivity (Wildman–Crippen MR) is 146 cm³/mol. The number of nitrogens with two attached hydrogens (primary N) is 1. The monoisotopic (exact) mass is 573 g/mol. The first-order valence-corrected chi connectivity index (χ1v) is 14.6. The molecule has 0 spiro atoms. The highest BCUT2D eigenvalue weighted by molar-refractivity contribution is 7.85. The zero-order valence-electron chi connectivity index (χ0n) is 21.6. The van der Waals surface area contributed by atoms with E-state index in [1.165, 1.54) is 16.8 Å². The number of ether oxygens (including phenoxy) is 1. The third-order valence-corrected chi connectivity index (χ3v) is 8.41. The van der Waals surface area contributed by atoms with Crippen LogP contribution in [0.3, 0.4) is 0 Å². The van der Waals surface area contributed by atoms with Gasteiger partial charge in [-0.15, -0.1) is 5.10 Å². The van der Waals surface area contributed by atoms with E-state index in [4.69, 9.17) is 14.9 Å².